The number of H-pyrrole nitrogens is 1. The lowest BCUT2D eigenvalue weighted by atomic mass is 9.94. The van der Waals surface area contributed by atoms with Crippen LogP contribution in [0, 0.1) is 5.82 Å². The Labute approximate surface area is 137 Å². The average Bonchev–Trinajstić information content (AvgIpc) is 2.56. The van der Waals surface area contributed by atoms with Crippen LogP contribution in [-0.4, -0.2) is 22.2 Å². The average molecular weight is 329 g/mol. The van der Waals surface area contributed by atoms with E-state index < -0.39 is 17.3 Å². The summed E-state index contributed by atoms with van der Waals surface area (Å²) in [6.07, 6.45) is 4.24. The van der Waals surface area contributed by atoms with Gasteiger partial charge in [-0.05, 0) is 31.7 Å². The molecule has 0 saturated carbocycles. The van der Waals surface area contributed by atoms with Crippen molar-refractivity contribution in [3.05, 3.63) is 62.8 Å². The Balaban J connectivity index is 1.83. The van der Waals surface area contributed by atoms with Crippen molar-refractivity contribution in [2.45, 2.75) is 25.7 Å². The first-order valence-corrected chi connectivity index (χ1v) is 7.63. The van der Waals surface area contributed by atoms with Gasteiger partial charge in [-0.1, -0.05) is 18.2 Å². The fourth-order valence-electron chi connectivity index (χ4n) is 2.77. The normalized spacial score (nSPS) is 13.7. The molecule has 0 aliphatic heterocycles. The fraction of sp³-hybridized carbons (Fsp3) is 0.235. The molecule has 7 heteroatoms. The Morgan fingerprint density at radius 1 is 1.29 bits per heavy atom. The van der Waals surface area contributed by atoms with Crippen LogP contribution in [0.5, 0.6) is 5.75 Å². The fourth-order valence-corrected chi connectivity index (χ4v) is 2.77. The molecular formula is C17H16FN3O3. The molecule has 1 heterocycles. The highest BCUT2D eigenvalue weighted by Crippen LogP contribution is 2.28. The first kappa shape index (κ1) is 15.9. The van der Waals surface area contributed by atoms with Crippen LogP contribution >= 0.6 is 0 Å². The number of pyridine rings is 1. The highest BCUT2D eigenvalue weighted by atomic mass is 19.1. The van der Waals surface area contributed by atoms with E-state index in [1.807, 2.05) is 0 Å². The molecule has 1 aromatic heterocycles. The van der Waals surface area contributed by atoms with Crippen LogP contribution in [0.1, 0.15) is 40.0 Å². The predicted molar refractivity (Wildman–Crippen MR) is 86.8 cm³/mol. The number of halogens is 1. The van der Waals surface area contributed by atoms with Gasteiger partial charge in [-0.3, -0.25) is 9.59 Å². The van der Waals surface area contributed by atoms with Crippen LogP contribution in [0.2, 0.25) is 0 Å². The quantitative estimate of drug-likeness (QED) is 0.592. The standard InChI is InChI=1S/C17H16FN3O3/c18-12-7-3-1-5-10(12)9-19-21-17(24)14-15(22)11-6-2-4-8-13(11)20-16(14)23/h1,3,5,7,9H,2,4,6,8H2,(H,21,24)(H2,20,22,23)/b19-9+. The van der Waals surface area contributed by atoms with Crippen LogP contribution < -0.4 is 11.0 Å². The predicted octanol–water partition coefficient (Wildman–Crippen LogP) is 1.86. The van der Waals surface area contributed by atoms with Crippen molar-refractivity contribution in [1.82, 2.24) is 10.4 Å². The van der Waals surface area contributed by atoms with E-state index in [2.05, 4.69) is 15.5 Å². The second-order valence-electron chi connectivity index (χ2n) is 5.56. The number of aromatic amines is 1. The SMILES string of the molecule is O=C(N/N=C/c1ccccc1F)c1c(O)c2c([nH]c1=O)CCCC2. The molecule has 0 saturated heterocycles. The van der Waals surface area contributed by atoms with Gasteiger partial charge in [0.2, 0.25) is 0 Å². The summed E-state index contributed by atoms with van der Waals surface area (Å²) >= 11 is 0. The van der Waals surface area contributed by atoms with Gasteiger partial charge < -0.3 is 10.1 Å². The lowest BCUT2D eigenvalue weighted by Gasteiger charge is -2.17. The van der Waals surface area contributed by atoms with Crippen LogP contribution in [0.15, 0.2) is 34.2 Å². The number of carbonyl (C=O) groups excluding carboxylic acids is 1. The van der Waals surface area contributed by atoms with Gasteiger partial charge in [0.05, 0.1) is 6.21 Å². The zero-order valence-electron chi connectivity index (χ0n) is 12.8. The van der Waals surface area contributed by atoms with Gasteiger partial charge in [0.15, 0.2) is 0 Å². The zero-order valence-corrected chi connectivity index (χ0v) is 12.8. The Bertz CT molecular complexity index is 874. The van der Waals surface area contributed by atoms with Gasteiger partial charge in [0.25, 0.3) is 11.5 Å². The molecule has 1 aliphatic carbocycles. The maximum absolute atomic E-state index is 13.5. The molecule has 0 unspecified atom stereocenters. The number of aromatic nitrogens is 1. The van der Waals surface area contributed by atoms with Gasteiger partial charge in [0.1, 0.15) is 17.1 Å². The topological polar surface area (TPSA) is 94.5 Å². The Morgan fingerprint density at radius 2 is 2.04 bits per heavy atom. The second-order valence-corrected chi connectivity index (χ2v) is 5.56. The molecular weight excluding hydrogens is 313 g/mol. The van der Waals surface area contributed by atoms with Gasteiger partial charge >= 0.3 is 0 Å². The number of aromatic hydroxyl groups is 1. The lowest BCUT2D eigenvalue weighted by Crippen LogP contribution is -2.29. The summed E-state index contributed by atoms with van der Waals surface area (Å²) in [6.45, 7) is 0. The van der Waals surface area contributed by atoms with E-state index in [1.165, 1.54) is 18.2 Å². The van der Waals surface area contributed by atoms with Crippen molar-refractivity contribution in [1.29, 1.82) is 0 Å². The van der Waals surface area contributed by atoms with E-state index in [0.29, 0.717) is 24.1 Å². The number of nitrogens with zero attached hydrogens (tertiary/aromatic N) is 1. The lowest BCUT2D eigenvalue weighted by molar-refractivity contribution is 0.0950. The number of rotatable bonds is 3. The third kappa shape index (κ3) is 3.05. The van der Waals surface area contributed by atoms with Crippen molar-refractivity contribution in [3.63, 3.8) is 0 Å². The Morgan fingerprint density at radius 3 is 2.83 bits per heavy atom. The van der Waals surface area contributed by atoms with Crippen molar-refractivity contribution < 1.29 is 14.3 Å². The van der Waals surface area contributed by atoms with Gasteiger partial charge in [-0.2, -0.15) is 5.10 Å². The van der Waals surface area contributed by atoms with E-state index in [-0.39, 0.29) is 16.9 Å². The largest absolute Gasteiger partial charge is 0.507 e. The molecule has 0 radical (unpaired) electrons. The molecule has 0 atom stereocenters. The van der Waals surface area contributed by atoms with Crippen molar-refractivity contribution in [2.24, 2.45) is 5.10 Å². The van der Waals surface area contributed by atoms with Crippen molar-refractivity contribution in [2.75, 3.05) is 0 Å². The Hall–Kier alpha value is -2.96. The molecule has 6 nitrogen and oxygen atoms in total. The summed E-state index contributed by atoms with van der Waals surface area (Å²) < 4.78 is 13.5. The van der Waals surface area contributed by atoms with Gasteiger partial charge in [-0.15, -0.1) is 0 Å². The number of carbonyl (C=O) groups is 1. The number of aryl methyl sites for hydroxylation is 1. The molecule has 0 bridgehead atoms. The molecule has 0 fully saturated rings. The molecule has 3 rings (SSSR count). The monoisotopic (exact) mass is 329 g/mol. The van der Waals surface area contributed by atoms with E-state index in [9.17, 15) is 19.1 Å². The molecule has 24 heavy (non-hydrogen) atoms. The number of hydrogen-bond acceptors (Lipinski definition) is 4. The number of hydrazone groups is 1. The van der Waals surface area contributed by atoms with Crippen molar-refractivity contribution in [3.8, 4) is 5.75 Å². The third-order valence-corrected chi connectivity index (χ3v) is 3.98. The van der Waals surface area contributed by atoms with E-state index >= 15 is 0 Å². The second kappa shape index (κ2) is 6.66. The minimum atomic E-state index is -0.838. The number of nitrogens with one attached hydrogen (secondary N) is 2. The summed E-state index contributed by atoms with van der Waals surface area (Å²) in [4.78, 5) is 26.8. The Kier molecular flexibility index (Phi) is 4.41. The minimum absolute atomic E-state index is 0.196. The highest BCUT2D eigenvalue weighted by molar-refractivity contribution is 5.97. The molecule has 124 valence electrons. The minimum Gasteiger partial charge on any atom is -0.507 e. The van der Waals surface area contributed by atoms with Gasteiger partial charge in [0, 0.05) is 16.8 Å². The van der Waals surface area contributed by atoms with E-state index in [1.54, 1.807) is 6.07 Å². The van der Waals surface area contributed by atoms with Crippen LogP contribution in [0.25, 0.3) is 0 Å². The molecule has 1 amide bonds. The summed E-state index contributed by atoms with van der Waals surface area (Å²) in [6, 6.07) is 5.93. The first-order valence-electron chi connectivity index (χ1n) is 7.63. The molecule has 1 aromatic carbocycles. The number of benzene rings is 1. The molecule has 2 aromatic rings. The van der Waals surface area contributed by atoms with Crippen LogP contribution in [-0.2, 0) is 12.8 Å². The van der Waals surface area contributed by atoms with Crippen molar-refractivity contribution >= 4 is 12.1 Å². The molecule has 1 aliphatic rings. The van der Waals surface area contributed by atoms with Crippen LogP contribution in [0.4, 0.5) is 4.39 Å². The summed E-state index contributed by atoms with van der Waals surface area (Å²) in [7, 11) is 0. The molecule has 3 N–H and O–H groups in total. The van der Waals surface area contributed by atoms with Crippen LogP contribution in [0.3, 0.4) is 0 Å². The summed E-state index contributed by atoms with van der Waals surface area (Å²) in [5.41, 5.74) is 2.59. The third-order valence-electron chi connectivity index (χ3n) is 3.98. The summed E-state index contributed by atoms with van der Waals surface area (Å²) in [5.74, 6) is -1.62. The summed E-state index contributed by atoms with van der Waals surface area (Å²) in [5, 5.41) is 13.9. The van der Waals surface area contributed by atoms with Gasteiger partial charge in [-0.25, -0.2) is 9.82 Å². The number of amides is 1. The van der Waals surface area contributed by atoms with E-state index in [4.69, 9.17) is 0 Å². The highest BCUT2D eigenvalue weighted by Gasteiger charge is 2.23. The zero-order chi connectivity index (χ0) is 17.1. The van der Waals surface area contributed by atoms with E-state index in [0.717, 1.165) is 19.1 Å². The number of fused-ring (bicyclic) bond motifs is 1. The number of hydrogen-bond donors (Lipinski definition) is 3. The smallest absolute Gasteiger partial charge is 0.280 e. The maximum atomic E-state index is 13.5. The maximum Gasteiger partial charge on any atom is 0.280 e. The molecule has 0 spiro atoms. The first-order chi connectivity index (χ1) is 11.6.